The molecule has 0 aliphatic rings. The van der Waals surface area contributed by atoms with Gasteiger partial charge in [0.25, 0.3) is 0 Å². The van der Waals surface area contributed by atoms with Gasteiger partial charge in [0, 0.05) is 0 Å². The summed E-state index contributed by atoms with van der Waals surface area (Å²) in [5.41, 5.74) is 0. The molecule has 1 unspecified atom stereocenters. The zero-order valence-corrected chi connectivity index (χ0v) is 6.76. The Morgan fingerprint density at radius 1 is 1.88 bits per heavy atom. The number of hydrogen-bond acceptors (Lipinski definition) is 1. The fourth-order valence-corrected chi connectivity index (χ4v) is 0.175. The molecule has 2 nitrogen and oxygen atoms in total. The zero-order valence-electron chi connectivity index (χ0n) is 7.35. The van der Waals surface area contributed by atoms with Gasteiger partial charge in [-0.15, -0.1) is 0 Å². The number of rotatable bonds is 2. The molecule has 0 heterocycles. The first-order valence-electron chi connectivity index (χ1n) is 2.41. The van der Waals surface area contributed by atoms with Gasteiger partial charge in [0.15, 0.2) is 0 Å². The van der Waals surface area contributed by atoms with E-state index in [0.29, 0.717) is 0 Å². The van der Waals surface area contributed by atoms with Crippen LogP contribution in [-0.4, -0.2) is 34.1 Å². The molecule has 0 amide bonds. The van der Waals surface area contributed by atoms with Crippen LogP contribution < -0.4 is 0 Å². The van der Waals surface area contributed by atoms with Gasteiger partial charge in [0.1, 0.15) is 0 Å². The molecule has 0 rings (SSSR count). The average molecular weight is 128 g/mol. The maximum absolute atomic E-state index is 9.93. The third-order valence-corrected chi connectivity index (χ3v) is 1.03. The van der Waals surface area contributed by atoms with Crippen LogP contribution in [0, 0.1) is 5.92 Å². The minimum absolute atomic E-state index is 0. The summed E-state index contributed by atoms with van der Waals surface area (Å²) in [6.07, 6.45) is 0.718. The van der Waals surface area contributed by atoms with Gasteiger partial charge >= 0.3 is 29.0 Å². The Morgan fingerprint density at radius 3 is 2.25 bits per heavy atom. The molecule has 3 heteroatoms. The van der Waals surface area contributed by atoms with Crippen LogP contribution >= 0.6 is 0 Å². The van der Waals surface area contributed by atoms with E-state index in [4.69, 9.17) is 5.11 Å². The van der Waals surface area contributed by atoms with E-state index in [1.807, 2.05) is 6.92 Å². The van der Waals surface area contributed by atoms with Crippen LogP contribution in [0.5, 0.6) is 0 Å². The molecule has 0 saturated carbocycles. The van der Waals surface area contributed by atoms with E-state index in [9.17, 15) is 4.79 Å². The third kappa shape index (κ3) is 4.40. The van der Waals surface area contributed by atoms with Crippen molar-refractivity contribution < 1.29 is 12.8 Å². The van der Waals surface area contributed by atoms with Crippen molar-refractivity contribution in [1.29, 1.82) is 0 Å². The van der Waals surface area contributed by atoms with Crippen molar-refractivity contribution in [2.45, 2.75) is 20.3 Å². The molecule has 0 saturated heterocycles. The Labute approximate surface area is 68.4 Å². The molecule has 0 aliphatic heterocycles. The fourth-order valence-electron chi connectivity index (χ4n) is 0.175. The van der Waals surface area contributed by atoms with E-state index in [1.54, 1.807) is 6.92 Å². The molecule has 1 N–H and O–H groups in total. The molecular formula is C5H12MgO2. The minimum atomic E-state index is -0.706. The van der Waals surface area contributed by atoms with E-state index in [-0.39, 0.29) is 31.8 Å². The quantitative estimate of drug-likeness (QED) is 0.563. The summed E-state index contributed by atoms with van der Waals surface area (Å²) in [7, 11) is 0. The van der Waals surface area contributed by atoms with Crippen molar-refractivity contribution in [3.63, 3.8) is 0 Å². The van der Waals surface area contributed by atoms with Crippen molar-refractivity contribution >= 4 is 29.0 Å². The van der Waals surface area contributed by atoms with E-state index in [2.05, 4.69) is 0 Å². The maximum Gasteiger partial charge on any atom is 2.00 e. The first-order valence-corrected chi connectivity index (χ1v) is 2.41. The van der Waals surface area contributed by atoms with Gasteiger partial charge < -0.3 is 7.96 Å². The van der Waals surface area contributed by atoms with E-state index < -0.39 is 5.97 Å². The normalized spacial score (nSPS) is 11.8. The summed E-state index contributed by atoms with van der Waals surface area (Å²) in [5.74, 6) is -0.887. The van der Waals surface area contributed by atoms with Gasteiger partial charge in [-0.3, -0.25) is 4.79 Å². The van der Waals surface area contributed by atoms with Gasteiger partial charge in [-0.1, -0.05) is 13.8 Å². The van der Waals surface area contributed by atoms with E-state index >= 15 is 0 Å². The Balaban J connectivity index is -0.0000000600. The molecule has 0 fully saturated rings. The van der Waals surface area contributed by atoms with Crippen LogP contribution in [0.2, 0.25) is 0 Å². The number of carbonyl (C=O) groups is 1. The maximum atomic E-state index is 9.93. The molecule has 0 bridgehead atoms. The third-order valence-electron chi connectivity index (χ3n) is 1.03. The molecule has 0 aromatic rings. The van der Waals surface area contributed by atoms with E-state index in [0.717, 1.165) is 6.42 Å². The standard InChI is InChI=1S/C5H10O2.Mg.2H/c1-3-4(2)5(6)7;;;/h4H,3H2,1-2H3,(H,6,7);;;/q;+2;2*-1. The summed E-state index contributed by atoms with van der Waals surface area (Å²) in [4.78, 5) is 9.93. The zero-order chi connectivity index (χ0) is 5.86. The second-order valence-electron chi connectivity index (χ2n) is 1.65. The SMILES string of the molecule is CCC(C)C(=O)O.[H-].[H-].[Mg+2]. The van der Waals surface area contributed by atoms with Crippen LogP contribution in [0.4, 0.5) is 0 Å². The second-order valence-corrected chi connectivity index (χ2v) is 1.65. The summed E-state index contributed by atoms with van der Waals surface area (Å²) < 4.78 is 0. The van der Waals surface area contributed by atoms with Crippen molar-refractivity contribution in [3.05, 3.63) is 0 Å². The molecule has 0 radical (unpaired) electrons. The van der Waals surface area contributed by atoms with Crippen LogP contribution in [0.25, 0.3) is 0 Å². The smallest absolute Gasteiger partial charge is 1.00 e. The largest absolute Gasteiger partial charge is 2.00 e. The van der Waals surface area contributed by atoms with Crippen molar-refractivity contribution in [2.24, 2.45) is 5.92 Å². The summed E-state index contributed by atoms with van der Waals surface area (Å²) in [6.45, 7) is 3.56. The van der Waals surface area contributed by atoms with Crippen LogP contribution in [0.1, 0.15) is 23.1 Å². The average Bonchev–Trinajstić information content (AvgIpc) is 1.65. The first kappa shape index (κ1) is 11.1. The predicted octanol–water partition coefficient (Wildman–Crippen LogP) is 0.961. The molecule has 0 aliphatic carbocycles. The predicted molar refractivity (Wildman–Crippen MR) is 35.1 cm³/mol. The number of carboxylic acid groups (broad SMARTS) is 1. The van der Waals surface area contributed by atoms with Crippen LogP contribution in [-0.2, 0) is 4.79 Å². The second kappa shape index (κ2) is 5.37. The van der Waals surface area contributed by atoms with Gasteiger partial charge in [-0.25, -0.2) is 0 Å². The van der Waals surface area contributed by atoms with Crippen LogP contribution in [0.15, 0.2) is 0 Å². The number of carboxylic acids is 1. The fraction of sp³-hybridized carbons (Fsp3) is 0.800. The number of aliphatic carboxylic acids is 1. The molecule has 1 atom stereocenters. The molecule has 8 heavy (non-hydrogen) atoms. The van der Waals surface area contributed by atoms with Crippen molar-refractivity contribution in [3.8, 4) is 0 Å². The van der Waals surface area contributed by atoms with Crippen molar-refractivity contribution in [2.75, 3.05) is 0 Å². The summed E-state index contributed by atoms with van der Waals surface area (Å²) in [6, 6.07) is 0. The Bertz CT molecular complexity index is 80.0. The Kier molecular flexibility index (Phi) is 7.45. The Hall–Kier alpha value is 0.236. The topological polar surface area (TPSA) is 37.3 Å². The summed E-state index contributed by atoms with van der Waals surface area (Å²) >= 11 is 0. The van der Waals surface area contributed by atoms with Gasteiger partial charge in [0.2, 0.25) is 0 Å². The Morgan fingerprint density at radius 2 is 2.25 bits per heavy atom. The van der Waals surface area contributed by atoms with Gasteiger partial charge in [0.05, 0.1) is 5.92 Å². The van der Waals surface area contributed by atoms with Crippen molar-refractivity contribution in [1.82, 2.24) is 0 Å². The first-order chi connectivity index (χ1) is 3.18. The summed E-state index contributed by atoms with van der Waals surface area (Å²) in [5, 5.41) is 8.18. The molecule has 0 aromatic heterocycles. The minimum Gasteiger partial charge on any atom is -1.00 e. The molecular weight excluding hydrogens is 116 g/mol. The molecule has 46 valence electrons. The molecule has 0 aromatic carbocycles. The number of hydrogen-bond donors (Lipinski definition) is 1. The van der Waals surface area contributed by atoms with Gasteiger partial charge in [-0.05, 0) is 6.42 Å². The van der Waals surface area contributed by atoms with E-state index in [1.165, 1.54) is 0 Å². The molecule has 0 spiro atoms. The monoisotopic (exact) mass is 128 g/mol. The van der Waals surface area contributed by atoms with Gasteiger partial charge in [-0.2, -0.15) is 0 Å². The van der Waals surface area contributed by atoms with Crippen LogP contribution in [0.3, 0.4) is 0 Å².